The highest BCUT2D eigenvalue weighted by Gasteiger charge is 2.30. The Morgan fingerprint density at radius 2 is 2.35 bits per heavy atom. The summed E-state index contributed by atoms with van der Waals surface area (Å²) in [5.41, 5.74) is 1.45. The highest BCUT2D eigenvalue weighted by Crippen LogP contribution is 2.18. The van der Waals surface area contributed by atoms with Crippen LogP contribution in [0.25, 0.3) is 0 Å². The van der Waals surface area contributed by atoms with Crippen molar-refractivity contribution in [3.63, 3.8) is 0 Å². The van der Waals surface area contributed by atoms with Gasteiger partial charge in [0.2, 0.25) is 0 Å². The Morgan fingerprint density at radius 3 is 3.12 bits per heavy atom. The average Bonchev–Trinajstić information content (AvgIpc) is 2.70. The minimum absolute atomic E-state index is 0.0775. The van der Waals surface area contributed by atoms with Crippen molar-refractivity contribution in [3.8, 4) is 5.75 Å². The minimum atomic E-state index is -0.992. The summed E-state index contributed by atoms with van der Waals surface area (Å²) in [5, 5.41) is 18.2. The molecule has 17 heavy (non-hydrogen) atoms. The summed E-state index contributed by atoms with van der Waals surface area (Å²) >= 11 is 0. The van der Waals surface area contributed by atoms with Crippen LogP contribution in [0.15, 0.2) is 18.2 Å². The van der Waals surface area contributed by atoms with Crippen LogP contribution in [0.4, 0.5) is 0 Å². The maximum Gasteiger partial charge on any atom is 0.495 e. The van der Waals surface area contributed by atoms with Crippen LogP contribution in [0.5, 0.6) is 5.75 Å². The molecule has 6 heteroatoms. The molecule has 0 spiro atoms. The third-order valence-electron chi connectivity index (χ3n) is 2.58. The van der Waals surface area contributed by atoms with Gasteiger partial charge in [0.25, 0.3) is 0 Å². The van der Waals surface area contributed by atoms with E-state index in [1.54, 1.807) is 12.1 Å². The summed E-state index contributed by atoms with van der Waals surface area (Å²) in [6, 6.07) is 5.31. The largest absolute Gasteiger partial charge is 0.495 e. The van der Waals surface area contributed by atoms with Crippen LogP contribution in [-0.4, -0.2) is 36.2 Å². The fourth-order valence-corrected chi connectivity index (χ4v) is 1.73. The Balaban J connectivity index is 2.07. The molecule has 0 radical (unpaired) electrons. The molecule has 0 saturated carbocycles. The van der Waals surface area contributed by atoms with Crippen LogP contribution in [-0.2, 0) is 16.1 Å². The number of aliphatic hydroxyl groups is 1. The molecule has 1 aliphatic rings. The van der Waals surface area contributed by atoms with Crippen molar-refractivity contribution in [2.75, 3.05) is 13.2 Å². The Bertz CT molecular complexity index is 420. The highest BCUT2D eigenvalue weighted by atomic mass is 16.5. The van der Waals surface area contributed by atoms with Gasteiger partial charge in [0, 0.05) is 11.9 Å². The molecular formula is C11H13BO5. The second kappa shape index (κ2) is 5.31. The first kappa shape index (κ1) is 12.1. The van der Waals surface area contributed by atoms with Gasteiger partial charge >= 0.3 is 7.12 Å². The third kappa shape index (κ3) is 2.66. The molecule has 0 aliphatic carbocycles. The molecule has 0 aromatic heterocycles. The summed E-state index contributed by atoms with van der Waals surface area (Å²) in [7, 11) is -0.992. The number of carbonyl (C=O) groups is 1. The number of benzene rings is 1. The van der Waals surface area contributed by atoms with Crippen molar-refractivity contribution in [2.45, 2.75) is 13.0 Å². The number of aliphatic hydroxyl groups excluding tert-OH is 1. The molecule has 1 heterocycles. The molecule has 2 N–H and O–H groups in total. The first-order valence-electron chi connectivity index (χ1n) is 5.39. The fourth-order valence-electron chi connectivity index (χ4n) is 1.73. The first-order chi connectivity index (χ1) is 8.22. The zero-order valence-corrected chi connectivity index (χ0v) is 9.26. The van der Waals surface area contributed by atoms with Crippen molar-refractivity contribution < 1.29 is 24.3 Å². The Morgan fingerprint density at radius 1 is 1.53 bits per heavy atom. The normalized spacial score (nSPS) is 13.6. The number of fused-ring (bicyclic) bond motifs is 1. The van der Waals surface area contributed by atoms with Crippen LogP contribution in [0.3, 0.4) is 0 Å². The molecule has 5 nitrogen and oxygen atoms in total. The van der Waals surface area contributed by atoms with Crippen molar-refractivity contribution >= 4 is 18.4 Å². The number of Topliss-reactive ketones (excluding diaryl/α,β-unsaturated/α-hetero) is 1. The zero-order valence-electron chi connectivity index (χ0n) is 9.26. The maximum absolute atomic E-state index is 11.2. The topological polar surface area (TPSA) is 76.0 Å². The molecule has 0 fully saturated rings. The predicted octanol–water partition coefficient (Wildman–Crippen LogP) is -0.765. The Labute approximate surface area is 99.1 Å². The van der Waals surface area contributed by atoms with Gasteiger partial charge in [0.1, 0.15) is 12.4 Å². The van der Waals surface area contributed by atoms with Gasteiger partial charge in [-0.15, -0.1) is 0 Å². The quantitative estimate of drug-likeness (QED) is 0.657. The van der Waals surface area contributed by atoms with E-state index >= 15 is 0 Å². The molecule has 1 aliphatic heterocycles. The van der Waals surface area contributed by atoms with Crippen LogP contribution in [0, 0.1) is 0 Å². The lowest BCUT2D eigenvalue weighted by Crippen LogP contribution is -2.30. The molecule has 0 amide bonds. The molecular weight excluding hydrogens is 223 g/mol. The summed E-state index contributed by atoms with van der Waals surface area (Å²) in [6.07, 6.45) is 0.0775. The van der Waals surface area contributed by atoms with E-state index in [2.05, 4.69) is 0 Å². The lowest BCUT2D eigenvalue weighted by Gasteiger charge is -2.09. The Kier molecular flexibility index (Phi) is 3.78. The lowest BCUT2D eigenvalue weighted by molar-refractivity contribution is -0.121. The summed E-state index contributed by atoms with van der Waals surface area (Å²) < 4.78 is 10.4. The SMILES string of the molecule is O=C(CCO)COc1cccc2c1B(O)OC2. The number of hydrogen-bond donors (Lipinski definition) is 2. The van der Waals surface area contributed by atoms with E-state index in [1.165, 1.54) is 0 Å². The Hall–Kier alpha value is -1.37. The van der Waals surface area contributed by atoms with E-state index in [0.717, 1.165) is 5.56 Å². The van der Waals surface area contributed by atoms with Crippen LogP contribution in [0.2, 0.25) is 0 Å². The van der Waals surface area contributed by atoms with Gasteiger partial charge in [-0.2, -0.15) is 0 Å². The molecule has 1 aromatic rings. The molecule has 1 aromatic carbocycles. The third-order valence-corrected chi connectivity index (χ3v) is 2.58. The van der Waals surface area contributed by atoms with Gasteiger partial charge in [0.05, 0.1) is 13.2 Å². The molecule has 0 atom stereocenters. The van der Waals surface area contributed by atoms with Crippen molar-refractivity contribution in [2.24, 2.45) is 0 Å². The van der Waals surface area contributed by atoms with Crippen LogP contribution < -0.4 is 10.2 Å². The number of ether oxygens (including phenoxy) is 1. The standard InChI is InChI=1S/C11H13BO5/c13-5-4-9(14)7-16-10-3-1-2-8-6-17-12(15)11(8)10/h1-3,13,15H,4-7H2. The van der Waals surface area contributed by atoms with Crippen LogP contribution >= 0.6 is 0 Å². The minimum Gasteiger partial charge on any atom is -0.486 e. The summed E-state index contributed by atoms with van der Waals surface area (Å²) in [5.74, 6) is 0.275. The number of rotatable bonds is 5. The molecule has 0 unspecified atom stereocenters. The van der Waals surface area contributed by atoms with E-state index in [0.29, 0.717) is 17.8 Å². The number of hydrogen-bond acceptors (Lipinski definition) is 5. The molecule has 0 saturated heterocycles. The summed E-state index contributed by atoms with van der Waals surface area (Å²) in [4.78, 5) is 11.2. The highest BCUT2D eigenvalue weighted by molar-refractivity contribution is 6.62. The van der Waals surface area contributed by atoms with Gasteiger partial charge < -0.3 is 19.5 Å². The smallest absolute Gasteiger partial charge is 0.486 e. The van der Waals surface area contributed by atoms with Gasteiger partial charge in [-0.1, -0.05) is 12.1 Å². The number of ketones is 1. The van der Waals surface area contributed by atoms with Gasteiger partial charge in [-0.25, -0.2) is 0 Å². The van der Waals surface area contributed by atoms with Crippen molar-refractivity contribution in [1.82, 2.24) is 0 Å². The van der Waals surface area contributed by atoms with Crippen molar-refractivity contribution in [1.29, 1.82) is 0 Å². The average molecular weight is 236 g/mol. The van der Waals surface area contributed by atoms with Gasteiger partial charge in [-0.3, -0.25) is 4.79 Å². The van der Waals surface area contributed by atoms with Gasteiger partial charge in [0.15, 0.2) is 5.78 Å². The fraction of sp³-hybridized carbons (Fsp3) is 0.364. The summed E-state index contributed by atoms with van der Waals surface area (Å²) in [6.45, 7) is 0.0584. The van der Waals surface area contributed by atoms with E-state index in [-0.39, 0.29) is 25.4 Å². The predicted molar refractivity (Wildman–Crippen MR) is 61.0 cm³/mol. The molecule has 2 rings (SSSR count). The maximum atomic E-state index is 11.2. The van der Waals surface area contributed by atoms with E-state index < -0.39 is 7.12 Å². The first-order valence-corrected chi connectivity index (χ1v) is 5.39. The second-order valence-electron chi connectivity index (χ2n) is 3.79. The zero-order chi connectivity index (χ0) is 12.3. The molecule has 90 valence electrons. The molecule has 0 bridgehead atoms. The second-order valence-corrected chi connectivity index (χ2v) is 3.79. The number of carbonyl (C=O) groups excluding carboxylic acids is 1. The van der Waals surface area contributed by atoms with E-state index in [4.69, 9.17) is 14.5 Å². The van der Waals surface area contributed by atoms with Gasteiger partial charge in [-0.05, 0) is 11.6 Å². The monoisotopic (exact) mass is 236 g/mol. The van der Waals surface area contributed by atoms with Crippen LogP contribution in [0.1, 0.15) is 12.0 Å². The lowest BCUT2D eigenvalue weighted by atomic mass is 9.79. The van der Waals surface area contributed by atoms with E-state index in [1.807, 2.05) is 6.07 Å². The van der Waals surface area contributed by atoms with Crippen molar-refractivity contribution in [3.05, 3.63) is 23.8 Å². The van der Waals surface area contributed by atoms with E-state index in [9.17, 15) is 9.82 Å².